The van der Waals surface area contributed by atoms with E-state index in [0.29, 0.717) is 47.1 Å². The van der Waals surface area contributed by atoms with Gasteiger partial charge in [0.25, 0.3) is 0 Å². The number of carbonyl (C=O) groups excluding carboxylic acids is 1. The van der Waals surface area contributed by atoms with E-state index in [4.69, 9.17) is 25.8 Å². The third-order valence-corrected chi connectivity index (χ3v) is 4.86. The Hall–Kier alpha value is -3.33. The Morgan fingerprint density at radius 1 is 1.15 bits per heavy atom. The number of hydrogen-bond donors (Lipinski definition) is 1. The number of ether oxygens (including phenoxy) is 3. The maximum Gasteiger partial charge on any atom is 0.410 e. The van der Waals surface area contributed by atoms with Crippen LogP contribution in [0, 0.1) is 5.82 Å². The highest BCUT2D eigenvalue weighted by Crippen LogP contribution is 2.35. The molecule has 0 unspecified atom stereocenters. The van der Waals surface area contributed by atoms with Crippen molar-refractivity contribution in [2.45, 2.75) is 33.3 Å². The Bertz CT molecular complexity index is 1170. The van der Waals surface area contributed by atoms with Gasteiger partial charge in [0.05, 0.1) is 23.7 Å². The Morgan fingerprint density at radius 2 is 1.88 bits per heavy atom. The molecule has 0 aliphatic rings. The molecule has 0 saturated heterocycles. The number of aromatic nitrogens is 2. The third-order valence-electron chi connectivity index (χ3n) is 4.57. The van der Waals surface area contributed by atoms with Gasteiger partial charge in [-0.2, -0.15) is 0 Å². The predicted molar refractivity (Wildman–Crippen MR) is 130 cm³/mol. The zero-order chi connectivity index (χ0) is 24.9. The maximum atomic E-state index is 13.5. The molecule has 0 spiro atoms. The van der Waals surface area contributed by atoms with E-state index in [0.717, 1.165) is 0 Å². The van der Waals surface area contributed by atoms with Gasteiger partial charge in [0.1, 0.15) is 30.2 Å². The third kappa shape index (κ3) is 6.60. The van der Waals surface area contributed by atoms with Crippen molar-refractivity contribution in [2.24, 2.45) is 0 Å². The zero-order valence-electron chi connectivity index (χ0n) is 19.8. The number of carbonyl (C=O) groups is 1. The van der Waals surface area contributed by atoms with Crippen LogP contribution in [0.25, 0.3) is 10.9 Å². The van der Waals surface area contributed by atoms with E-state index in [-0.39, 0.29) is 11.6 Å². The van der Waals surface area contributed by atoms with Crippen LogP contribution < -0.4 is 14.8 Å². The average molecular weight is 491 g/mol. The molecular formula is C24H28ClFN4O4. The minimum absolute atomic E-state index is 0.000114. The van der Waals surface area contributed by atoms with Crippen molar-refractivity contribution in [3.8, 4) is 11.5 Å². The van der Waals surface area contributed by atoms with Crippen LogP contribution in [-0.2, 0) is 4.74 Å². The predicted octanol–water partition coefficient (Wildman–Crippen LogP) is 5.81. The van der Waals surface area contributed by atoms with E-state index in [1.165, 1.54) is 23.4 Å². The zero-order valence-corrected chi connectivity index (χ0v) is 20.6. The molecular weight excluding hydrogens is 463 g/mol. The van der Waals surface area contributed by atoms with Gasteiger partial charge in [-0.05, 0) is 52.0 Å². The lowest BCUT2D eigenvalue weighted by Gasteiger charge is -2.24. The second kappa shape index (κ2) is 10.7. The van der Waals surface area contributed by atoms with Gasteiger partial charge in [0.15, 0.2) is 11.5 Å². The summed E-state index contributed by atoms with van der Waals surface area (Å²) in [4.78, 5) is 22.3. The molecule has 1 heterocycles. The molecule has 1 N–H and O–H groups in total. The van der Waals surface area contributed by atoms with Gasteiger partial charge in [-0.25, -0.2) is 19.2 Å². The number of anilines is 2. The van der Waals surface area contributed by atoms with E-state index in [2.05, 4.69) is 15.3 Å². The van der Waals surface area contributed by atoms with Crippen molar-refractivity contribution in [1.29, 1.82) is 0 Å². The molecule has 8 nitrogen and oxygen atoms in total. The molecule has 182 valence electrons. The van der Waals surface area contributed by atoms with Crippen LogP contribution in [0.5, 0.6) is 11.5 Å². The van der Waals surface area contributed by atoms with Crippen molar-refractivity contribution in [3.05, 3.63) is 47.5 Å². The highest BCUT2D eigenvalue weighted by Gasteiger charge is 2.20. The Balaban J connectivity index is 1.82. The lowest BCUT2D eigenvalue weighted by Crippen LogP contribution is -2.36. The summed E-state index contributed by atoms with van der Waals surface area (Å²) in [6, 6.07) is 7.84. The summed E-state index contributed by atoms with van der Waals surface area (Å²) in [5.41, 5.74) is 0.624. The molecule has 3 rings (SSSR count). The summed E-state index contributed by atoms with van der Waals surface area (Å²) in [5.74, 6) is 0.978. The molecule has 0 atom stereocenters. The molecule has 0 fully saturated rings. The minimum Gasteiger partial charge on any atom is -0.490 e. The van der Waals surface area contributed by atoms with Crippen LogP contribution in [0.4, 0.5) is 20.7 Å². The first-order valence-corrected chi connectivity index (χ1v) is 11.2. The fraction of sp³-hybridized carbons (Fsp3) is 0.375. The maximum absolute atomic E-state index is 13.5. The SMILES string of the molecule is CCOc1cc2ncnc(Nc3ccc(F)c(Cl)c3)c2cc1OCCN(C)C(=O)OC(C)(C)C. The Labute approximate surface area is 203 Å². The second-order valence-electron chi connectivity index (χ2n) is 8.48. The topological polar surface area (TPSA) is 85.8 Å². The highest BCUT2D eigenvalue weighted by atomic mass is 35.5. The van der Waals surface area contributed by atoms with Crippen molar-refractivity contribution >= 4 is 40.1 Å². The largest absolute Gasteiger partial charge is 0.490 e. The van der Waals surface area contributed by atoms with Gasteiger partial charge >= 0.3 is 6.09 Å². The number of halogens is 2. The fourth-order valence-electron chi connectivity index (χ4n) is 2.98. The van der Waals surface area contributed by atoms with Gasteiger partial charge in [-0.15, -0.1) is 0 Å². The van der Waals surface area contributed by atoms with Crippen LogP contribution in [0.15, 0.2) is 36.7 Å². The first-order chi connectivity index (χ1) is 16.1. The average Bonchev–Trinajstić information content (AvgIpc) is 2.76. The molecule has 0 saturated carbocycles. The molecule has 0 radical (unpaired) electrons. The quantitative estimate of drug-likeness (QED) is 0.426. The van der Waals surface area contributed by atoms with E-state index in [9.17, 15) is 9.18 Å². The number of amides is 1. The Morgan fingerprint density at radius 3 is 2.56 bits per heavy atom. The van der Waals surface area contributed by atoms with Crippen LogP contribution in [-0.4, -0.2) is 53.4 Å². The number of nitrogens with one attached hydrogen (secondary N) is 1. The van der Waals surface area contributed by atoms with E-state index in [1.54, 1.807) is 25.2 Å². The summed E-state index contributed by atoms with van der Waals surface area (Å²) in [5, 5.41) is 3.81. The highest BCUT2D eigenvalue weighted by molar-refractivity contribution is 6.31. The number of hydrogen-bond acceptors (Lipinski definition) is 7. The molecule has 2 aromatic carbocycles. The molecule has 1 aromatic heterocycles. The number of rotatable bonds is 8. The van der Waals surface area contributed by atoms with Crippen LogP contribution >= 0.6 is 11.6 Å². The molecule has 34 heavy (non-hydrogen) atoms. The molecule has 0 bridgehead atoms. The molecule has 10 heteroatoms. The Kier molecular flexibility index (Phi) is 7.98. The van der Waals surface area contributed by atoms with Crippen molar-refractivity contribution in [2.75, 3.05) is 32.1 Å². The lowest BCUT2D eigenvalue weighted by molar-refractivity contribution is 0.0278. The fourth-order valence-corrected chi connectivity index (χ4v) is 3.16. The molecule has 3 aromatic rings. The van der Waals surface area contributed by atoms with Gasteiger partial charge in [-0.3, -0.25) is 0 Å². The summed E-state index contributed by atoms with van der Waals surface area (Å²) in [7, 11) is 1.64. The van der Waals surface area contributed by atoms with Crippen molar-refractivity contribution < 1.29 is 23.4 Å². The van der Waals surface area contributed by atoms with Crippen molar-refractivity contribution in [3.63, 3.8) is 0 Å². The van der Waals surface area contributed by atoms with Crippen molar-refractivity contribution in [1.82, 2.24) is 14.9 Å². The van der Waals surface area contributed by atoms with E-state index in [1.807, 2.05) is 27.7 Å². The standard InChI is InChI=1S/C24H28ClFN4O4/c1-6-32-21-13-19-16(12-20(21)33-10-9-30(5)23(31)34-24(2,3)4)22(28-14-27-19)29-15-7-8-18(26)17(25)11-15/h7-8,11-14H,6,9-10H2,1-5H3,(H,27,28,29). The van der Waals surface area contributed by atoms with E-state index >= 15 is 0 Å². The molecule has 0 aliphatic heterocycles. The monoisotopic (exact) mass is 490 g/mol. The summed E-state index contributed by atoms with van der Waals surface area (Å²) in [6.07, 6.45) is 0.986. The normalized spacial score (nSPS) is 11.3. The summed E-state index contributed by atoms with van der Waals surface area (Å²) in [6.45, 7) is 8.26. The summed E-state index contributed by atoms with van der Waals surface area (Å²) >= 11 is 5.90. The smallest absolute Gasteiger partial charge is 0.410 e. The molecule has 1 amide bonds. The van der Waals surface area contributed by atoms with Crippen LogP contribution in [0.2, 0.25) is 5.02 Å². The summed E-state index contributed by atoms with van der Waals surface area (Å²) < 4.78 is 30.6. The van der Waals surface area contributed by atoms with Crippen LogP contribution in [0.3, 0.4) is 0 Å². The second-order valence-corrected chi connectivity index (χ2v) is 8.88. The first kappa shape index (κ1) is 25.3. The van der Waals surface area contributed by atoms with Gasteiger partial charge in [-0.1, -0.05) is 11.6 Å². The number of benzene rings is 2. The lowest BCUT2D eigenvalue weighted by atomic mass is 10.2. The van der Waals surface area contributed by atoms with Gasteiger partial charge in [0, 0.05) is 24.2 Å². The van der Waals surface area contributed by atoms with Crippen LogP contribution in [0.1, 0.15) is 27.7 Å². The number of nitrogens with zero attached hydrogens (tertiary/aromatic N) is 3. The van der Waals surface area contributed by atoms with E-state index < -0.39 is 17.5 Å². The van der Waals surface area contributed by atoms with Gasteiger partial charge in [0.2, 0.25) is 0 Å². The minimum atomic E-state index is -0.579. The first-order valence-electron chi connectivity index (χ1n) is 10.8. The number of fused-ring (bicyclic) bond motifs is 1. The number of likely N-dealkylation sites (N-methyl/N-ethyl adjacent to an activating group) is 1. The van der Waals surface area contributed by atoms with Gasteiger partial charge < -0.3 is 24.4 Å². The molecule has 0 aliphatic carbocycles.